The molecule has 238 valence electrons. The molecule has 0 fully saturated rings. The largest absolute Gasteiger partial charge is 0.330 e. The van der Waals surface area contributed by atoms with E-state index in [1.807, 2.05) is 55.3 Å². The van der Waals surface area contributed by atoms with E-state index in [0.717, 1.165) is 29.7 Å². The van der Waals surface area contributed by atoms with Gasteiger partial charge in [0.25, 0.3) is 5.91 Å². The highest BCUT2D eigenvalue weighted by Gasteiger charge is 2.29. The molecular weight excluding hydrogens is 554 g/mol. The number of nitrogens with one attached hydrogen (secondary N) is 1. The van der Waals surface area contributed by atoms with Gasteiger partial charge in [0.15, 0.2) is 5.78 Å². The molecular formula is C36H55N3O3S. The first kappa shape index (κ1) is 40.0. The van der Waals surface area contributed by atoms with Crippen molar-refractivity contribution in [3.05, 3.63) is 94.0 Å². The van der Waals surface area contributed by atoms with Gasteiger partial charge >= 0.3 is 0 Å². The Morgan fingerprint density at radius 3 is 2.07 bits per heavy atom. The summed E-state index contributed by atoms with van der Waals surface area (Å²) in [5, 5.41) is 0. The number of allylic oxidation sites excluding steroid dienone is 2. The maximum absolute atomic E-state index is 13.7. The first-order valence-corrected chi connectivity index (χ1v) is 16.0. The molecule has 0 saturated heterocycles. The Balaban J connectivity index is 0.00000168. The van der Waals surface area contributed by atoms with Crippen LogP contribution in [0.2, 0.25) is 0 Å². The molecule has 6 nitrogen and oxygen atoms in total. The lowest BCUT2D eigenvalue weighted by Crippen LogP contribution is -2.47. The van der Waals surface area contributed by atoms with E-state index in [0.29, 0.717) is 35.7 Å². The summed E-state index contributed by atoms with van der Waals surface area (Å²) < 4.78 is 0. The molecule has 0 radical (unpaired) electrons. The van der Waals surface area contributed by atoms with Crippen LogP contribution in [0, 0.1) is 12.8 Å². The second kappa shape index (κ2) is 21.7. The monoisotopic (exact) mass is 609 g/mol. The van der Waals surface area contributed by atoms with Crippen LogP contribution in [0.4, 0.5) is 0 Å². The number of thioether (sulfide) groups is 1. The molecule has 0 heterocycles. The van der Waals surface area contributed by atoms with E-state index in [-0.39, 0.29) is 31.1 Å². The van der Waals surface area contributed by atoms with Crippen LogP contribution in [0.5, 0.6) is 0 Å². The van der Waals surface area contributed by atoms with Gasteiger partial charge in [-0.05, 0) is 75.5 Å². The van der Waals surface area contributed by atoms with Crippen molar-refractivity contribution < 1.29 is 14.4 Å². The third-order valence-electron chi connectivity index (χ3n) is 6.71. The van der Waals surface area contributed by atoms with Crippen molar-refractivity contribution in [3.8, 4) is 0 Å². The van der Waals surface area contributed by atoms with Crippen LogP contribution < -0.4 is 5.48 Å². The van der Waals surface area contributed by atoms with E-state index in [1.165, 1.54) is 17.3 Å². The zero-order valence-corrected chi connectivity index (χ0v) is 27.9. The summed E-state index contributed by atoms with van der Waals surface area (Å²) in [6.07, 6.45) is 4.43. The van der Waals surface area contributed by atoms with Gasteiger partial charge in [-0.1, -0.05) is 89.7 Å². The Morgan fingerprint density at radius 2 is 1.65 bits per heavy atom. The lowest BCUT2D eigenvalue weighted by Gasteiger charge is -2.34. The van der Waals surface area contributed by atoms with E-state index >= 15 is 0 Å². The Bertz CT molecular complexity index is 1190. The maximum atomic E-state index is 13.7. The number of rotatable bonds is 15. The van der Waals surface area contributed by atoms with Gasteiger partial charge in [0, 0.05) is 24.4 Å². The van der Waals surface area contributed by atoms with Crippen molar-refractivity contribution >= 4 is 29.2 Å². The number of amides is 1. The number of carbonyl (C=O) groups excluding carboxylic acids is 2. The zero-order chi connectivity index (χ0) is 31.7. The number of hydroxylamine groups is 1. The molecule has 43 heavy (non-hydrogen) atoms. The minimum Gasteiger partial charge on any atom is -0.330 e. The molecule has 1 N–H and O–H groups in total. The van der Waals surface area contributed by atoms with Crippen molar-refractivity contribution in [2.45, 2.75) is 81.2 Å². The summed E-state index contributed by atoms with van der Waals surface area (Å²) in [5.74, 6) is -0.00135. The average Bonchev–Trinajstić information content (AvgIpc) is 2.97. The second-order valence-corrected chi connectivity index (χ2v) is 11.3. The van der Waals surface area contributed by atoms with Gasteiger partial charge in [0.1, 0.15) is 0 Å². The Labute approximate surface area is 266 Å². The van der Waals surface area contributed by atoms with Crippen LogP contribution in [0.1, 0.15) is 83.3 Å². The SMILES string of the molecule is C.C=C(C)/C(N=C(C(C)C)C(CC)N(CCCNOC)C(=O)c1ccc(C)cc1)=C(\SC)C(C)=O.CCc1ccccc1. The lowest BCUT2D eigenvalue weighted by atomic mass is 9.95. The van der Waals surface area contributed by atoms with Crippen molar-refractivity contribution in [1.82, 2.24) is 10.4 Å². The van der Waals surface area contributed by atoms with E-state index in [2.05, 4.69) is 64.0 Å². The first-order valence-electron chi connectivity index (χ1n) is 14.7. The maximum Gasteiger partial charge on any atom is 0.254 e. The molecule has 2 aromatic rings. The Morgan fingerprint density at radius 1 is 1.05 bits per heavy atom. The topological polar surface area (TPSA) is 71.0 Å². The molecule has 0 aliphatic heterocycles. The lowest BCUT2D eigenvalue weighted by molar-refractivity contribution is -0.113. The number of carbonyl (C=O) groups is 2. The standard InChI is InChI=1S/C27H41N3O3S.C8H10.CH4/c1-10-23(24(18(2)3)29-25(19(4)5)26(34-9)21(7)31)30(17-11-16-28-33-8)27(32)22-14-12-20(6)13-15-22;1-2-8-6-4-3-5-7-8;/h12-15,18,23,28H,4,10-11,16-17H2,1-3,5-9H3;3-7H,2H2,1H3;1H4/b26-25+,29-24?;;. The molecule has 1 atom stereocenters. The van der Waals surface area contributed by atoms with Crippen LogP contribution in [0.3, 0.4) is 0 Å². The van der Waals surface area contributed by atoms with Crippen molar-refractivity contribution in [3.63, 3.8) is 0 Å². The molecule has 0 spiro atoms. The van der Waals surface area contributed by atoms with Crippen molar-refractivity contribution in [2.75, 3.05) is 26.5 Å². The van der Waals surface area contributed by atoms with E-state index in [9.17, 15) is 9.59 Å². The predicted octanol–water partition coefficient (Wildman–Crippen LogP) is 8.48. The van der Waals surface area contributed by atoms with Crippen molar-refractivity contribution in [2.24, 2.45) is 10.9 Å². The van der Waals surface area contributed by atoms with Crippen LogP contribution in [0.25, 0.3) is 0 Å². The predicted molar refractivity (Wildman–Crippen MR) is 187 cm³/mol. The van der Waals surface area contributed by atoms with Crippen LogP contribution >= 0.6 is 11.8 Å². The molecule has 0 bridgehead atoms. The summed E-state index contributed by atoms with van der Waals surface area (Å²) >= 11 is 1.38. The minimum atomic E-state index is -0.222. The van der Waals surface area contributed by atoms with E-state index < -0.39 is 0 Å². The summed E-state index contributed by atoms with van der Waals surface area (Å²) in [7, 11) is 1.58. The molecule has 0 aromatic heterocycles. The number of aliphatic imine (C=N–C) groups is 1. The highest BCUT2D eigenvalue weighted by atomic mass is 32.2. The van der Waals surface area contributed by atoms with Gasteiger partial charge in [-0.15, -0.1) is 11.8 Å². The van der Waals surface area contributed by atoms with Gasteiger partial charge in [0.05, 0.1) is 23.8 Å². The quantitative estimate of drug-likeness (QED) is 0.0721. The smallest absolute Gasteiger partial charge is 0.254 e. The summed E-state index contributed by atoms with van der Waals surface area (Å²) in [5.41, 5.74) is 8.22. The number of hydrogen-bond acceptors (Lipinski definition) is 6. The van der Waals surface area contributed by atoms with E-state index in [4.69, 9.17) is 9.83 Å². The fourth-order valence-corrected chi connectivity index (χ4v) is 5.15. The number of ketones is 1. The van der Waals surface area contributed by atoms with Gasteiger partial charge < -0.3 is 9.74 Å². The molecule has 0 aliphatic rings. The molecule has 0 aliphatic carbocycles. The Kier molecular flexibility index (Phi) is 20.1. The minimum absolute atomic E-state index is 0. The zero-order valence-electron chi connectivity index (χ0n) is 27.1. The number of benzene rings is 2. The van der Waals surface area contributed by atoms with Gasteiger partial charge in [-0.2, -0.15) is 0 Å². The average molecular weight is 610 g/mol. The molecule has 2 aromatic carbocycles. The highest BCUT2D eigenvalue weighted by Crippen LogP contribution is 2.27. The number of nitrogens with zero attached hydrogens (tertiary/aromatic N) is 2. The number of Topliss-reactive ketones (excluding diaryl/α,β-unsaturated/α-hetero) is 1. The summed E-state index contributed by atoms with van der Waals surface area (Å²) in [4.78, 5) is 38.5. The molecule has 1 amide bonds. The summed E-state index contributed by atoms with van der Waals surface area (Å²) in [6, 6.07) is 17.9. The molecule has 0 saturated carbocycles. The van der Waals surface area contributed by atoms with Gasteiger partial charge in [-0.3, -0.25) is 14.6 Å². The highest BCUT2D eigenvalue weighted by molar-refractivity contribution is 8.03. The van der Waals surface area contributed by atoms with Gasteiger partial charge in [-0.25, -0.2) is 5.48 Å². The van der Waals surface area contributed by atoms with Crippen molar-refractivity contribution in [1.29, 1.82) is 0 Å². The Hall–Kier alpha value is -3.00. The number of hydrogen-bond donors (Lipinski definition) is 1. The third-order valence-corrected chi connectivity index (χ3v) is 7.60. The fourth-order valence-electron chi connectivity index (χ4n) is 4.45. The van der Waals surface area contributed by atoms with Crippen LogP contribution in [0.15, 0.2) is 82.3 Å². The van der Waals surface area contributed by atoms with Gasteiger partial charge in [0.2, 0.25) is 0 Å². The molecule has 1 unspecified atom stereocenters. The molecule has 2 rings (SSSR count). The number of aryl methyl sites for hydroxylation is 2. The normalized spacial score (nSPS) is 12.4. The van der Waals surface area contributed by atoms with Crippen LogP contribution in [-0.4, -0.2) is 54.8 Å². The van der Waals surface area contributed by atoms with E-state index in [1.54, 1.807) is 14.0 Å². The fraction of sp³-hybridized carbons (Fsp3) is 0.472. The first-order chi connectivity index (χ1) is 20.0. The third kappa shape index (κ3) is 13.5. The summed E-state index contributed by atoms with van der Waals surface area (Å²) in [6.45, 7) is 19.0. The second-order valence-electron chi connectivity index (χ2n) is 10.5. The van der Waals surface area contributed by atoms with Crippen LogP contribution in [-0.2, 0) is 16.1 Å². The molecule has 7 heteroatoms.